The van der Waals surface area contributed by atoms with Gasteiger partial charge in [0.15, 0.2) is 0 Å². The molecule has 1 aromatic heterocycles. The number of aromatic nitrogens is 1. The number of halogens is 5. The molecule has 0 fully saturated rings. The van der Waals surface area contributed by atoms with E-state index in [1.54, 1.807) is 0 Å². The molecule has 0 amide bonds. The zero-order valence-corrected chi connectivity index (χ0v) is 9.52. The highest BCUT2D eigenvalue weighted by Gasteiger charge is 2.31. The van der Waals surface area contributed by atoms with Crippen molar-refractivity contribution in [2.45, 2.75) is 12.2 Å². The second-order valence-corrected chi connectivity index (χ2v) is 3.72. The van der Waals surface area contributed by atoms with Crippen LogP contribution in [0.2, 0.25) is 0 Å². The van der Waals surface area contributed by atoms with Crippen molar-refractivity contribution in [2.75, 3.05) is 0 Å². The number of nitrogens with zero attached hydrogens (tertiary/aromatic N) is 1. The molecule has 1 aromatic rings. The first-order valence-corrected chi connectivity index (χ1v) is 5.00. The molecule has 7 heteroatoms. The van der Waals surface area contributed by atoms with E-state index in [4.69, 9.17) is 11.6 Å². The van der Waals surface area contributed by atoms with Crippen LogP contribution in [0.5, 0.6) is 5.88 Å². The Morgan fingerprint density at radius 2 is 2.14 bits per heavy atom. The summed E-state index contributed by atoms with van der Waals surface area (Å²) in [5.41, 5.74) is 0.557. The van der Waals surface area contributed by atoms with E-state index in [-0.39, 0.29) is 5.88 Å². The molecule has 0 bridgehead atoms. The molecule has 0 atom stereocenters. The van der Waals surface area contributed by atoms with Crippen molar-refractivity contribution >= 4 is 34.2 Å². The summed E-state index contributed by atoms with van der Waals surface area (Å²) in [6, 6.07) is 1.17. The highest BCUT2D eigenvalue weighted by atomic mass is 127. The van der Waals surface area contributed by atoms with E-state index in [9.17, 15) is 13.2 Å². The van der Waals surface area contributed by atoms with Crippen LogP contribution in [-0.4, -0.2) is 11.3 Å². The smallest absolute Gasteiger partial charge is 0.388 e. The van der Waals surface area contributed by atoms with Gasteiger partial charge in [0.2, 0.25) is 5.88 Å². The Hall–Kier alpha value is -0.240. The van der Waals surface area contributed by atoms with Gasteiger partial charge in [-0.15, -0.1) is 24.8 Å². The summed E-state index contributed by atoms with van der Waals surface area (Å²) in [6.45, 7) is 0. The Balaban J connectivity index is 2.90. The molecule has 0 aromatic carbocycles. The SMILES string of the molecule is FC(F)(F)Oc1cc(CCl)c(I)cn1. The lowest BCUT2D eigenvalue weighted by atomic mass is 10.3. The van der Waals surface area contributed by atoms with Gasteiger partial charge < -0.3 is 4.74 Å². The van der Waals surface area contributed by atoms with Crippen LogP contribution in [0, 0.1) is 3.57 Å². The molecule has 1 rings (SSSR count). The molecule has 0 aliphatic heterocycles. The van der Waals surface area contributed by atoms with E-state index in [0.717, 1.165) is 0 Å². The summed E-state index contributed by atoms with van der Waals surface area (Å²) < 4.78 is 39.7. The Bertz CT molecular complexity index is 331. The molecule has 0 N–H and O–H groups in total. The summed E-state index contributed by atoms with van der Waals surface area (Å²) in [4.78, 5) is 3.46. The molecule has 1 heterocycles. The van der Waals surface area contributed by atoms with Gasteiger partial charge in [-0.05, 0) is 28.2 Å². The zero-order chi connectivity index (χ0) is 10.8. The fraction of sp³-hybridized carbons (Fsp3) is 0.286. The zero-order valence-electron chi connectivity index (χ0n) is 6.61. The topological polar surface area (TPSA) is 22.1 Å². The Kier molecular flexibility index (Phi) is 3.82. The van der Waals surface area contributed by atoms with Gasteiger partial charge in [0, 0.05) is 21.7 Å². The van der Waals surface area contributed by atoms with Crippen LogP contribution in [0.4, 0.5) is 13.2 Å². The van der Waals surface area contributed by atoms with Crippen molar-refractivity contribution in [3.8, 4) is 5.88 Å². The summed E-state index contributed by atoms with van der Waals surface area (Å²) in [6.07, 6.45) is -3.44. The number of hydrogen-bond acceptors (Lipinski definition) is 2. The maximum absolute atomic E-state index is 11.8. The van der Waals surface area contributed by atoms with Crippen molar-refractivity contribution in [1.82, 2.24) is 4.98 Å². The van der Waals surface area contributed by atoms with E-state index in [1.807, 2.05) is 22.6 Å². The second-order valence-electron chi connectivity index (χ2n) is 2.30. The molecule has 2 nitrogen and oxygen atoms in total. The fourth-order valence-electron chi connectivity index (χ4n) is 0.735. The number of pyridine rings is 1. The minimum absolute atomic E-state index is 0.120. The van der Waals surface area contributed by atoms with Crippen molar-refractivity contribution in [3.63, 3.8) is 0 Å². The standard InChI is InChI=1S/C7H4ClF3INO/c8-2-4-1-6(13-3-5(4)12)14-7(9,10)11/h1,3H,2H2. The van der Waals surface area contributed by atoms with Gasteiger partial charge in [0.25, 0.3) is 0 Å². The van der Waals surface area contributed by atoms with Gasteiger partial charge in [-0.1, -0.05) is 0 Å². The molecule has 0 spiro atoms. The number of rotatable bonds is 2. The number of alkyl halides is 4. The van der Waals surface area contributed by atoms with Crippen LogP contribution in [0.3, 0.4) is 0 Å². The highest BCUT2D eigenvalue weighted by Crippen LogP contribution is 2.24. The normalized spacial score (nSPS) is 11.5. The molecule has 0 unspecified atom stereocenters. The van der Waals surface area contributed by atoms with Crippen molar-refractivity contribution in [3.05, 3.63) is 21.4 Å². The molecule has 0 radical (unpaired) electrons. The molecular weight excluding hydrogens is 333 g/mol. The largest absolute Gasteiger partial charge is 0.574 e. The predicted molar refractivity (Wildman–Crippen MR) is 53.2 cm³/mol. The van der Waals surface area contributed by atoms with E-state index in [2.05, 4.69) is 9.72 Å². The lowest BCUT2D eigenvalue weighted by molar-refractivity contribution is -0.276. The monoisotopic (exact) mass is 337 g/mol. The molecule has 0 saturated carbocycles. The number of hydrogen-bond donors (Lipinski definition) is 0. The molecule has 78 valence electrons. The van der Waals surface area contributed by atoms with Crippen LogP contribution in [-0.2, 0) is 5.88 Å². The summed E-state index contributed by atoms with van der Waals surface area (Å²) in [5, 5.41) is 0. The van der Waals surface area contributed by atoms with Gasteiger partial charge in [-0.3, -0.25) is 0 Å². The molecular formula is C7H4ClF3INO. The summed E-state index contributed by atoms with van der Waals surface area (Å²) in [7, 11) is 0. The molecule has 0 aliphatic carbocycles. The Labute approximate surface area is 96.6 Å². The van der Waals surface area contributed by atoms with Crippen LogP contribution >= 0.6 is 34.2 Å². The summed E-state index contributed by atoms with van der Waals surface area (Å²) >= 11 is 7.44. The molecule has 14 heavy (non-hydrogen) atoms. The van der Waals surface area contributed by atoms with Crippen LogP contribution in [0.1, 0.15) is 5.56 Å². The van der Waals surface area contributed by atoms with Crippen molar-refractivity contribution in [1.29, 1.82) is 0 Å². The van der Waals surface area contributed by atoms with Gasteiger partial charge >= 0.3 is 6.36 Å². The first-order chi connectivity index (χ1) is 6.42. The first-order valence-electron chi connectivity index (χ1n) is 3.38. The van der Waals surface area contributed by atoms with Gasteiger partial charge in [-0.2, -0.15) is 0 Å². The van der Waals surface area contributed by atoms with Crippen molar-refractivity contribution in [2.24, 2.45) is 0 Å². The van der Waals surface area contributed by atoms with Crippen LogP contribution in [0.25, 0.3) is 0 Å². The molecule has 0 saturated heterocycles. The molecule has 0 aliphatic rings. The van der Waals surface area contributed by atoms with E-state index < -0.39 is 12.2 Å². The van der Waals surface area contributed by atoms with E-state index >= 15 is 0 Å². The van der Waals surface area contributed by atoms with E-state index in [1.165, 1.54) is 12.3 Å². The Morgan fingerprint density at radius 1 is 1.50 bits per heavy atom. The predicted octanol–water partition coefficient (Wildman–Crippen LogP) is 3.32. The minimum atomic E-state index is -4.72. The third kappa shape index (κ3) is 3.49. The van der Waals surface area contributed by atoms with Gasteiger partial charge in [0.05, 0.1) is 0 Å². The lowest BCUT2D eigenvalue weighted by Crippen LogP contribution is -2.18. The quantitative estimate of drug-likeness (QED) is 0.610. The fourth-order valence-corrected chi connectivity index (χ4v) is 1.67. The lowest BCUT2D eigenvalue weighted by Gasteiger charge is -2.08. The highest BCUT2D eigenvalue weighted by molar-refractivity contribution is 14.1. The van der Waals surface area contributed by atoms with Gasteiger partial charge in [-0.25, -0.2) is 4.98 Å². The van der Waals surface area contributed by atoms with Crippen molar-refractivity contribution < 1.29 is 17.9 Å². The van der Waals surface area contributed by atoms with Gasteiger partial charge in [0.1, 0.15) is 0 Å². The Morgan fingerprint density at radius 3 is 2.64 bits per heavy atom. The second kappa shape index (κ2) is 4.52. The third-order valence-electron chi connectivity index (χ3n) is 1.27. The van der Waals surface area contributed by atoms with Crippen LogP contribution < -0.4 is 4.74 Å². The first kappa shape index (κ1) is 11.8. The average Bonchev–Trinajstić information content (AvgIpc) is 2.06. The third-order valence-corrected chi connectivity index (χ3v) is 2.53. The summed E-state index contributed by atoms with van der Waals surface area (Å²) in [5.74, 6) is -0.372. The maximum atomic E-state index is 11.8. The van der Waals surface area contributed by atoms with E-state index in [0.29, 0.717) is 9.13 Å². The maximum Gasteiger partial charge on any atom is 0.574 e. The van der Waals surface area contributed by atoms with Crippen LogP contribution in [0.15, 0.2) is 12.3 Å². The minimum Gasteiger partial charge on any atom is -0.388 e. The number of ether oxygens (including phenoxy) is 1. The average molecular weight is 337 g/mol.